The Hall–Kier alpha value is -3.19. The van der Waals surface area contributed by atoms with Crippen molar-refractivity contribution in [3.8, 4) is 0 Å². The molecule has 1 unspecified atom stereocenters. The van der Waals surface area contributed by atoms with Crippen molar-refractivity contribution in [3.63, 3.8) is 0 Å². The van der Waals surface area contributed by atoms with Crippen molar-refractivity contribution in [3.05, 3.63) is 71.4 Å². The molecule has 5 rings (SSSR count). The summed E-state index contributed by atoms with van der Waals surface area (Å²) in [5.41, 5.74) is 6.50. The summed E-state index contributed by atoms with van der Waals surface area (Å²) in [6, 6.07) is 0. The number of carbonyl (C=O) groups excluding carboxylic acids is 1. The molecule has 1 saturated heterocycles. The third kappa shape index (κ3) is 3.70. The van der Waals surface area contributed by atoms with Crippen molar-refractivity contribution in [1.29, 1.82) is 0 Å². The summed E-state index contributed by atoms with van der Waals surface area (Å²) in [7, 11) is 0. The molecule has 0 aromatic carbocycles. The van der Waals surface area contributed by atoms with Crippen LogP contribution < -0.4 is 5.32 Å². The number of hydrogen-bond acceptors (Lipinski definition) is 5. The molecule has 1 N–H and O–H groups in total. The summed E-state index contributed by atoms with van der Waals surface area (Å²) in [6.07, 6.45) is 14.9. The highest BCUT2D eigenvalue weighted by molar-refractivity contribution is 5.97. The lowest BCUT2D eigenvalue weighted by Gasteiger charge is -2.34. The molecular formula is C24H28N6O. The van der Waals surface area contributed by atoms with Crippen LogP contribution in [0, 0.1) is 19.8 Å². The quantitative estimate of drug-likeness (QED) is 0.816. The Morgan fingerprint density at radius 3 is 2.65 bits per heavy atom. The Morgan fingerprint density at radius 2 is 1.84 bits per heavy atom. The summed E-state index contributed by atoms with van der Waals surface area (Å²) >= 11 is 0. The maximum absolute atomic E-state index is 13.3. The monoisotopic (exact) mass is 416 g/mol. The molecule has 2 aromatic heterocycles. The molecule has 7 heteroatoms. The molecule has 1 amide bonds. The first-order valence-corrected chi connectivity index (χ1v) is 10.9. The van der Waals surface area contributed by atoms with Gasteiger partial charge in [-0.2, -0.15) is 0 Å². The number of allylic oxidation sites excluding steroid dienone is 4. The number of rotatable bonds is 2. The van der Waals surface area contributed by atoms with Crippen LogP contribution in [0.1, 0.15) is 30.4 Å². The lowest BCUT2D eigenvalue weighted by atomic mass is 9.92. The second kappa shape index (κ2) is 7.81. The number of carbonyl (C=O) groups is 1. The van der Waals surface area contributed by atoms with E-state index in [0.717, 1.165) is 72.3 Å². The molecule has 0 bridgehead atoms. The van der Waals surface area contributed by atoms with Crippen LogP contribution in [0.5, 0.6) is 0 Å². The van der Waals surface area contributed by atoms with E-state index in [2.05, 4.69) is 40.4 Å². The fraction of sp³-hybridized carbons (Fsp3) is 0.375. The largest absolute Gasteiger partial charge is 0.368 e. The van der Waals surface area contributed by atoms with Gasteiger partial charge in [-0.25, -0.2) is 4.98 Å². The number of nitrogens with one attached hydrogen (secondary N) is 1. The van der Waals surface area contributed by atoms with Gasteiger partial charge in [0.1, 0.15) is 0 Å². The Bertz CT molecular complexity index is 1160. The fourth-order valence-corrected chi connectivity index (χ4v) is 4.51. The lowest BCUT2D eigenvalue weighted by molar-refractivity contribution is -0.122. The predicted molar refractivity (Wildman–Crippen MR) is 121 cm³/mol. The number of aryl methyl sites for hydroxylation is 2. The van der Waals surface area contributed by atoms with Crippen molar-refractivity contribution < 1.29 is 4.79 Å². The van der Waals surface area contributed by atoms with Crippen molar-refractivity contribution in [2.75, 3.05) is 26.2 Å². The average Bonchev–Trinajstić information content (AvgIpc) is 3.19. The summed E-state index contributed by atoms with van der Waals surface area (Å²) in [5.74, 6) is 0.151. The molecular weight excluding hydrogens is 388 g/mol. The molecule has 0 radical (unpaired) electrons. The molecule has 1 atom stereocenters. The molecule has 31 heavy (non-hydrogen) atoms. The fourth-order valence-electron chi connectivity index (χ4n) is 4.51. The standard InChI is InChI=1S/C24H28N6O/c1-16-4-5-19-6-7-20(28-10-8-25-9-11-28)14-30(19)23(31)12-21(16)22-15-29-13-17(2)26-18(3)24(29)27-22/h5-7,12-16,25H,4,8-11H2,1-3H3. The van der Waals surface area contributed by atoms with E-state index >= 15 is 0 Å². The molecule has 1 fully saturated rings. The third-order valence-electron chi connectivity index (χ3n) is 6.20. The van der Waals surface area contributed by atoms with Crippen molar-refractivity contribution >= 4 is 17.1 Å². The van der Waals surface area contributed by atoms with E-state index in [1.54, 1.807) is 11.0 Å². The number of fused-ring (bicyclic) bond motifs is 2. The number of hydrogen-bond donors (Lipinski definition) is 1. The smallest absolute Gasteiger partial charge is 0.255 e. The second-order valence-corrected chi connectivity index (χ2v) is 8.52. The van der Waals surface area contributed by atoms with Gasteiger partial charge in [-0.3, -0.25) is 14.7 Å². The molecule has 2 aromatic rings. The van der Waals surface area contributed by atoms with Gasteiger partial charge in [0.15, 0.2) is 5.65 Å². The average molecular weight is 417 g/mol. The lowest BCUT2D eigenvalue weighted by Crippen LogP contribution is -2.43. The number of piperazine rings is 1. The summed E-state index contributed by atoms with van der Waals surface area (Å²) < 4.78 is 2.01. The molecule has 5 heterocycles. The maximum atomic E-state index is 13.3. The summed E-state index contributed by atoms with van der Waals surface area (Å²) in [5, 5.41) is 3.38. The number of aromatic nitrogens is 3. The van der Waals surface area contributed by atoms with Gasteiger partial charge < -0.3 is 14.6 Å². The highest BCUT2D eigenvalue weighted by atomic mass is 16.2. The first-order valence-electron chi connectivity index (χ1n) is 10.9. The van der Waals surface area contributed by atoms with E-state index < -0.39 is 0 Å². The Kier molecular flexibility index (Phi) is 4.98. The minimum absolute atomic E-state index is 0.0344. The van der Waals surface area contributed by atoms with Gasteiger partial charge in [-0.1, -0.05) is 13.0 Å². The highest BCUT2D eigenvalue weighted by Gasteiger charge is 2.25. The molecule has 7 nitrogen and oxygen atoms in total. The van der Waals surface area contributed by atoms with Crippen LogP contribution in [0.3, 0.4) is 0 Å². The highest BCUT2D eigenvalue weighted by Crippen LogP contribution is 2.31. The molecule has 3 aliphatic heterocycles. The van der Waals surface area contributed by atoms with Gasteiger partial charge in [-0.15, -0.1) is 0 Å². The minimum Gasteiger partial charge on any atom is -0.368 e. The number of amides is 1. The predicted octanol–water partition coefficient (Wildman–Crippen LogP) is 2.80. The van der Waals surface area contributed by atoms with Crippen LogP contribution in [0.4, 0.5) is 0 Å². The summed E-state index contributed by atoms with van der Waals surface area (Å²) in [6.45, 7) is 9.92. The first kappa shape index (κ1) is 19.8. The van der Waals surface area contributed by atoms with Gasteiger partial charge in [0.2, 0.25) is 0 Å². The molecule has 0 saturated carbocycles. The van der Waals surface area contributed by atoms with Gasteiger partial charge in [0.25, 0.3) is 5.91 Å². The van der Waals surface area contributed by atoms with Crippen LogP contribution >= 0.6 is 0 Å². The minimum atomic E-state index is -0.0344. The Morgan fingerprint density at radius 1 is 1.06 bits per heavy atom. The van der Waals surface area contributed by atoms with E-state index in [1.807, 2.05) is 36.8 Å². The van der Waals surface area contributed by atoms with Crippen molar-refractivity contribution in [2.45, 2.75) is 27.2 Å². The van der Waals surface area contributed by atoms with Crippen LogP contribution in [0.25, 0.3) is 11.2 Å². The van der Waals surface area contributed by atoms with Crippen LogP contribution in [-0.4, -0.2) is 56.3 Å². The maximum Gasteiger partial charge on any atom is 0.255 e. The van der Waals surface area contributed by atoms with Crippen LogP contribution in [-0.2, 0) is 4.79 Å². The Labute approximate surface area is 182 Å². The van der Waals surface area contributed by atoms with E-state index in [-0.39, 0.29) is 11.8 Å². The number of nitrogens with zero attached hydrogens (tertiary/aromatic N) is 5. The first-order chi connectivity index (χ1) is 15.0. The SMILES string of the molecule is Cc1cn2cc(C3=CC(=O)N4C=C(N5CCNCC5)C=CC4=CCC3C)nc2c(C)n1. The zero-order chi connectivity index (χ0) is 21.5. The van der Waals surface area contributed by atoms with Crippen molar-refractivity contribution in [2.24, 2.45) is 5.92 Å². The van der Waals surface area contributed by atoms with E-state index in [1.165, 1.54) is 0 Å². The molecule has 0 aliphatic carbocycles. The van der Waals surface area contributed by atoms with Gasteiger partial charge in [0.05, 0.1) is 22.8 Å². The molecule has 3 aliphatic rings. The van der Waals surface area contributed by atoms with Gasteiger partial charge >= 0.3 is 0 Å². The molecule has 0 spiro atoms. The molecule has 160 valence electrons. The third-order valence-corrected chi connectivity index (χ3v) is 6.20. The Balaban J connectivity index is 1.51. The van der Waals surface area contributed by atoms with E-state index in [4.69, 9.17) is 4.98 Å². The van der Waals surface area contributed by atoms with Crippen molar-refractivity contribution in [1.82, 2.24) is 29.5 Å². The zero-order valence-electron chi connectivity index (χ0n) is 18.3. The van der Waals surface area contributed by atoms with Crippen LogP contribution in [0.15, 0.2) is 54.3 Å². The topological polar surface area (TPSA) is 65.8 Å². The van der Waals surface area contributed by atoms with Crippen LogP contribution in [0.2, 0.25) is 0 Å². The normalized spacial score (nSPS) is 22.0. The van der Waals surface area contributed by atoms with Gasteiger partial charge in [-0.05, 0) is 43.9 Å². The second-order valence-electron chi connectivity index (χ2n) is 8.52. The number of imidazole rings is 1. The summed E-state index contributed by atoms with van der Waals surface area (Å²) in [4.78, 5) is 26.8. The van der Waals surface area contributed by atoms with E-state index in [0.29, 0.717) is 0 Å². The van der Waals surface area contributed by atoms with E-state index in [9.17, 15) is 4.79 Å². The van der Waals surface area contributed by atoms with Gasteiger partial charge in [0, 0.05) is 56.5 Å². The zero-order valence-corrected chi connectivity index (χ0v) is 18.3.